The highest BCUT2D eigenvalue weighted by Crippen LogP contribution is 2.55. The maximum atomic E-state index is 13.7. The molecule has 0 aliphatic rings. The van der Waals surface area contributed by atoms with Crippen molar-refractivity contribution in [2.75, 3.05) is 0 Å². The van der Waals surface area contributed by atoms with E-state index in [2.05, 4.69) is 0 Å². The fourth-order valence-electron chi connectivity index (χ4n) is 1.48. The largest absolute Gasteiger partial charge is 0.457 e. The summed E-state index contributed by atoms with van der Waals surface area (Å²) < 4.78 is 112. The summed E-state index contributed by atoms with van der Waals surface area (Å²) in [5, 5.41) is 0. The van der Waals surface area contributed by atoms with Crippen molar-refractivity contribution in [2.24, 2.45) is 0 Å². The van der Waals surface area contributed by atoms with E-state index in [0.29, 0.717) is 12.8 Å². The third-order valence-corrected chi connectivity index (χ3v) is 3.74. The molecule has 0 amide bonds. The third kappa shape index (κ3) is 4.06. The molecule has 0 spiro atoms. The van der Waals surface area contributed by atoms with E-state index in [0.717, 1.165) is 0 Å². The second-order valence-electron chi connectivity index (χ2n) is 4.31. The molecule has 0 aliphatic heterocycles. The summed E-state index contributed by atoms with van der Waals surface area (Å²) in [6.45, 7) is 1.65. The average molecular weight is 430 g/mol. The van der Waals surface area contributed by atoms with Gasteiger partial charge in [-0.3, -0.25) is 0 Å². The predicted octanol–water partition coefficient (Wildman–Crippen LogP) is 5.84. The lowest BCUT2D eigenvalue weighted by Crippen LogP contribution is -2.62. The molecule has 0 saturated carbocycles. The lowest BCUT2D eigenvalue weighted by atomic mass is 9.89. The summed E-state index contributed by atoms with van der Waals surface area (Å²) in [6.07, 6.45) is -14.1. The number of rotatable bonds is 6. The van der Waals surface area contributed by atoms with Gasteiger partial charge in [0, 0.05) is 10.3 Å². The van der Waals surface area contributed by atoms with Gasteiger partial charge >= 0.3 is 18.3 Å². The molecule has 0 heterocycles. The maximum Gasteiger partial charge on any atom is 0.457 e. The smallest absolute Gasteiger partial charge is 0.227 e. The Balaban J connectivity index is 5.45. The Hall–Kier alpha value is 0.1000. The second-order valence-corrected chi connectivity index (χ2v) is 6.08. The molecule has 0 aromatic carbocycles. The van der Waals surface area contributed by atoms with E-state index in [1.165, 1.54) is 22.6 Å². The van der Waals surface area contributed by atoms with Gasteiger partial charge in [0.05, 0.1) is 0 Å². The van der Waals surface area contributed by atoms with Crippen molar-refractivity contribution in [2.45, 2.75) is 60.5 Å². The summed E-state index contributed by atoms with van der Waals surface area (Å²) in [6, 6.07) is 0. The molecule has 10 heteroatoms. The Bertz CT molecular complexity index is 309. The van der Waals surface area contributed by atoms with Crippen LogP contribution in [0.5, 0.6) is 0 Å². The molecule has 2 atom stereocenters. The van der Waals surface area contributed by atoms with Crippen LogP contribution in [-0.4, -0.2) is 27.9 Å². The van der Waals surface area contributed by atoms with Crippen molar-refractivity contribution in [3.05, 3.63) is 0 Å². The van der Waals surface area contributed by atoms with Gasteiger partial charge in [0.2, 0.25) is 0 Å². The molecule has 0 radical (unpaired) electrons. The van der Waals surface area contributed by atoms with Gasteiger partial charge in [-0.25, -0.2) is 4.39 Å². The SMILES string of the molecule is CCCC[C@H](I)C[C@@](F)(C(F)(F)F)C(F)(F)C(F)(F)F. The number of alkyl halides is 10. The molecule has 0 rings (SSSR count). The van der Waals surface area contributed by atoms with Crippen LogP contribution in [0.3, 0.4) is 0 Å². The molecule has 0 fully saturated rings. The predicted molar refractivity (Wildman–Crippen MR) is 62.8 cm³/mol. The molecule has 0 aromatic rings. The Kier molecular flexibility index (Phi) is 6.50. The van der Waals surface area contributed by atoms with Crippen LogP contribution in [0.15, 0.2) is 0 Å². The highest BCUT2D eigenvalue weighted by Gasteiger charge is 2.80. The van der Waals surface area contributed by atoms with Gasteiger partial charge in [-0.05, 0) is 6.42 Å². The van der Waals surface area contributed by atoms with Gasteiger partial charge in [-0.15, -0.1) is 0 Å². The normalized spacial score (nSPS) is 18.8. The van der Waals surface area contributed by atoms with Gasteiger partial charge in [0.1, 0.15) is 0 Å². The Labute approximate surface area is 123 Å². The van der Waals surface area contributed by atoms with Crippen LogP contribution in [0.2, 0.25) is 0 Å². The van der Waals surface area contributed by atoms with E-state index >= 15 is 0 Å². The molecule has 0 aliphatic carbocycles. The topological polar surface area (TPSA) is 0 Å². The minimum atomic E-state index is -6.61. The van der Waals surface area contributed by atoms with Crippen LogP contribution in [0.1, 0.15) is 32.6 Å². The zero-order valence-electron chi connectivity index (χ0n) is 10.2. The summed E-state index contributed by atoms with van der Waals surface area (Å²) in [4.78, 5) is 0. The van der Waals surface area contributed by atoms with Crippen LogP contribution in [0.25, 0.3) is 0 Å². The molecule has 0 nitrogen and oxygen atoms in total. The minimum Gasteiger partial charge on any atom is -0.227 e. The highest BCUT2D eigenvalue weighted by molar-refractivity contribution is 14.1. The van der Waals surface area contributed by atoms with Crippen molar-refractivity contribution >= 4 is 22.6 Å². The average Bonchev–Trinajstić information content (AvgIpc) is 2.22. The number of unbranched alkanes of at least 4 members (excludes halogenated alkanes) is 1. The van der Waals surface area contributed by atoms with Crippen molar-refractivity contribution in [3.8, 4) is 0 Å². The van der Waals surface area contributed by atoms with Gasteiger partial charge in [-0.1, -0.05) is 42.4 Å². The fourth-order valence-corrected chi connectivity index (χ4v) is 2.53. The lowest BCUT2D eigenvalue weighted by molar-refractivity contribution is -0.384. The summed E-state index contributed by atoms with van der Waals surface area (Å²) >= 11 is 1.26. The number of hydrogen-bond donors (Lipinski definition) is 0. The molecule has 0 N–H and O–H groups in total. The van der Waals surface area contributed by atoms with E-state index in [1.807, 2.05) is 0 Å². The summed E-state index contributed by atoms with van der Waals surface area (Å²) in [5.74, 6) is -6.49. The fraction of sp³-hybridized carbons (Fsp3) is 1.00. The first-order valence-corrected chi connectivity index (χ1v) is 6.79. The summed E-state index contributed by atoms with van der Waals surface area (Å²) in [5.41, 5.74) is -5.63. The zero-order valence-corrected chi connectivity index (χ0v) is 12.3. The Morgan fingerprint density at radius 2 is 1.30 bits per heavy atom. The van der Waals surface area contributed by atoms with E-state index < -0.39 is 34.3 Å². The van der Waals surface area contributed by atoms with Gasteiger partial charge in [0.25, 0.3) is 5.67 Å². The molecule has 20 heavy (non-hydrogen) atoms. The van der Waals surface area contributed by atoms with E-state index in [-0.39, 0.29) is 6.42 Å². The lowest BCUT2D eigenvalue weighted by Gasteiger charge is -2.37. The van der Waals surface area contributed by atoms with Crippen molar-refractivity contribution in [1.82, 2.24) is 0 Å². The van der Waals surface area contributed by atoms with Crippen LogP contribution in [-0.2, 0) is 0 Å². The van der Waals surface area contributed by atoms with Crippen molar-refractivity contribution in [3.63, 3.8) is 0 Å². The molecule has 122 valence electrons. The third-order valence-electron chi connectivity index (χ3n) is 2.68. The molecule has 0 saturated heterocycles. The first-order valence-electron chi connectivity index (χ1n) is 5.55. The molecular formula is C10H12F9I. The highest BCUT2D eigenvalue weighted by atomic mass is 127. The zero-order chi connectivity index (χ0) is 16.4. The molecular weight excluding hydrogens is 418 g/mol. The van der Waals surface area contributed by atoms with Crippen molar-refractivity contribution < 1.29 is 39.5 Å². The van der Waals surface area contributed by atoms with Crippen LogP contribution >= 0.6 is 22.6 Å². The van der Waals surface area contributed by atoms with Crippen LogP contribution in [0.4, 0.5) is 39.5 Å². The van der Waals surface area contributed by atoms with Gasteiger partial charge in [0.15, 0.2) is 0 Å². The van der Waals surface area contributed by atoms with Crippen LogP contribution < -0.4 is 0 Å². The van der Waals surface area contributed by atoms with Crippen LogP contribution in [0, 0.1) is 0 Å². The number of hydrogen-bond acceptors (Lipinski definition) is 0. The number of halogens is 10. The van der Waals surface area contributed by atoms with E-state index in [1.54, 1.807) is 6.92 Å². The molecule has 0 bridgehead atoms. The Morgan fingerprint density at radius 3 is 1.60 bits per heavy atom. The quantitative estimate of drug-likeness (QED) is 0.282. The monoisotopic (exact) mass is 430 g/mol. The first kappa shape index (κ1) is 20.1. The summed E-state index contributed by atoms with van der Waals surface area (Å²) in [7, 11) is 0. The van der Waals surface area contributed by atoms with Crippen molar-refractivity contribution in [1.29, 1.82) is 0 Å². The molecule has 0 aromatic heterocycles. The first-order chi connectivity index (χ1) is 8.70. The maximum absolute atomic E-state index is 13.7. The molecule has 0 unspecified atom stereocenters. The van der Waals surface area contributed by atoms with Gasteiger partial charge < -0.3 is 0 Å². The Morgan fingerprint density at radius 1 is 0.850 bits per heavy atom. The standard InChI is InChI=1S/C10H12F9I/c1-2-3-4-6(20)5-7(11,9(14,15)16)8(12,13)10(17,18)19/h6H,2-5H2,1H3/t6-,7-/m0/s1. The minimum absolute atomic E-state index is 0.0766. The van der Waals surface area contributed by atoms with Gasteiger partial charge in [-0.2, -0.15) is 35.1 Å². The second kappa shape index (κ2) is 6.47. The van der Waals surface area contributed by atoms with E-state index in [4.69, 9.17) is 0 Å². The van der Waals surface area contributed by atoms with E-state index in [9.17, 15) is 39.5 Å².